The summed E-state index contributed by atoms with van der Waals surface area (Å²) in [5.41, 5.74) is 6.32. The van der Waals surface area contributed by atoms with E-state index in [1.54, 1.807) is 6.08 Å². The van der Waals surface area contributed by atoms with Crippen molar-refractivity contribution in [2.24, 2.45) is 0 Å². The first-order valence-electron chi connectivity index (χ1n) is 7.91. The van der Waals surface area contributed by atoms with Crippen molar-refractivity contribution in [1.29, 1.82) is 5.26 Å². The number of nitriles is 1. The lowest BCUT2D eigenvalue weighted by molar-refractivity contribution is -0.104. The van der Waals surface area contributed by atoms with E-state index in [-0.39, 0.29) is 5.57 Å². The van der Waals surface area contributed by atoms with E-state index >= 15 is 0 Å². The van der Waals surface area contributed by atoms with Crippen LogP contribution in [0.1, 0.15) is 16.7 Å². The minimum atomic E-state index is 0.121. The standard InChI is InChI=1S/C21H18N2O/c1-23-20-8-3-2-7-18(20)10-11-19-13-16(9-12-21(19)23)5-4-6-17(14-22)15-24/h2-9,12-13,15H,10-11H2,1H3/b5-4+,17-6+. The Balaban J connectivity index is 1.91. The van der Waals surface area contributed by atoms with Crippen LogP contribution in [0.25, 0.3) is 6.08 Å². The van der Waals surface area contributed by atoms with Gasteiger partial charge in [-0.05, 0) is 53.8 Å². The number of aryl methyl sites for hydroxylation is 2. The first kappa shape index (κ1) is 15.8. The zero-order valence-electron chi connectivity index (χ0n) is 13.6. The van der Waals surface area contributed by atoms with Crippen molar-refractivity contribution < 1.29 is 4.79 Å². The van der Waals surface area contributed by atoms with E-state index < -0.39 is 0 Å². The van der Waals surface area contributed by atoms with Crippen molar-refractivity contribution in [2.75, 3.05) is 11.9 Å². The van der Waals surface area contributed by atoms with E-state index in [0.717, 1.165) is 18.4 Å². The first-order chi connectivity index (χ1) is 11.7. The molecule has 2 aromatic rings. The largest absolute Gasteiger partial charge is 0.344 e. The molecule has 24 heavy (non-hydrogen) atoms. The maximum atomic E-state index is 10.6. The average molecular weight is 314 g/mol. The van der Waals surface area contributed by atoms with Gasteiger partial charge in [-0.2, -0.15) is 5.26 Å². The molecule has 3 rings (SSSR count). The monoisotopic (exact) mass is 314 g/mol. The third-order valence-electron chi connectivity index (χ3n) is 4.30. The van der Waals surface area contributed by atoms with Gasteiger partial charge in [-0.1, -0.05) is 36.4 Å². The van der Waals surface area contributed by atoms with Crippen LogP contribution in [0.4, 0.5) is 11.4 Å². The minimum Gasteiger partial charge on any atom is -0.344 e. The second kappa shape index (κ2) is 6.97. The van der Waals surface area contributed by atoms with E-state index in [4.69, 9.17) is 5.26 Å². The molecule has 1 heterocycles. The number of nitrogens with zero attached hydrogens (tertiary/aromatic N) is 2. The topological polar surface area (TPSA) is 44.1 Å². The van der Waals surface area contributed by atoms with Gasteiger partial charge in [0, 0.05) is 18.4 Å². The third kappa shape index (κ3) is 3.13. The summed E-state index contributed by atoms with van der Waals surface area (Å²) >= 11 is 0. The normalized spacial score (nSPS) is 13.8. The molecule has 0 fully saturated rings. The van der Waals surface area contributed by atoms with Crippen molar-refractivity contribution in [3.63, 3.8) is 0 Å². The summed E-state index contributed by atoms with van der Waals surface area (Å²) in [5, 5.41) is 8.74. The molecule has 0 amide bonds. The number of aldehydes is 1. The fourth-order valence-electron chi connectivity index (χ4n) is 3.05. The molecule has 0 spiro atoms. The molecule has 0 aliphatic carbocycles. The number of carbonyl (C=O) groups is 1. The van der Waals surface area contributed by atoms with Gasteiger partial charge >= 0.3 is 0 Å². The summed E-state index contributed by atoms with van der Waals surface area (Å²) in [6.45, 7) is 0. The van der Waals surface area contributed by atoms with E-state index in [1.807, 2.05) is 12.1 Å². The maximum absolute atomic E-state index is 10.6. The molecule has 0 bridgehead atoms. The molecule has 0 radical (unpaired) electrons. The minimum absolute atomic E-state index is 0.121. The fourth-order valence-corrected chi connectivity index (χ4v) is 3.05. The smallest absolute Gasteiger partial charge is 0.160 e. The number of benzene rings is 2. The number of hydrogen-bond donors (Lipinski definition) is 0. The van der Waals surface area contributed by atoms with Crippen LogP contribution in [0.15, 0.2) is 60.2 Å². The molecule has 118 valence electrons. The Morgan fingerprint density at radius 3 is 2.67 bits per heavy atom. The van der Waals surface area contributed by atoms with Gasteiger partial charge in [-0.25, -0.2) is 0 Å². The van der Waals surface area contributed by atoms with Gasteiger partial charge in [0.15, 0.2) is 6.29 Å². The molecule has 0 unspecified atom stereocenters. The molecular formula is C21H18N2O. The Labute approximate surface area is 142 Å². The molecule has 3 nitrogen and oxygen atoms in total. The summed E-state index contributed by atoms with van der Waals surface area (Å²) in [5.74, 6) is 0. The lowest BCUT2D eigenvalue weighted by atomic mass is 10.0. The van der Waals surface area contributed by atoms with Crippen LogP contribution in [0.3, 0.4) is 0 Å². The fraction of sp³-hybridized carbons (Fsp3) is 0.143. The van der Waals surface area contributed by atoms with E-state index in [0.29, 0.717) is 6.29 Å². The molecule has 1 aliphatic rings. The Kier molecular flexibility index (Phi) is 4.58. The predicted octanol–water partition coefficient (Wildman–Crippen LogP) is 4.22. The lowest BCUT2D eigenvalue weighted by Gasteiger charge is -2.22. The molecule has 0 N–H and O–H groups in total. The number of carbonyl (C=O) groups excluding carboxylic acids is 1. The van der Waals surface area contributed by atoms with Crippen LogP contribution in [0.2, 0.25) is 0 Å². The quantitative estimate of drug-likeness (QED) is 0.369. The Hall–Kier alpha value is -3.12. The van der Waals surface area contributed by atoms with Gasteiger partial charge in [-0.15, -0.1) is 0 Å². The zero-order chi connectivity index (χ0) is 16.9. The molecule has 0 saturated carbocycles. The predicted molar refractivity (Wildman–Crippen MR) is 97.1 cm³/mol. The second-order valence-corrected chi connectivity index (χ2v) is 5.79. The Morgan fingerprint density at radius 2 is 1.88 bits per heavy atom. The maximum Gasteiger partial charge on any atom is 0.160 e. The van der Waals surface area contributed by atoms with Gasteiger partial charge in [-0.3, -0.25) is 4.79 Å². The van der Waals surface area contributed by atoms with Crippen molar-refractivity contribution in [1.82, 2.24) is 0 Å². The third-order valence-corrected chi connectivity index (χ3v) is 4.30. The summed E-state index contributed by atoms with van der Waals surface area (Å²) in [6, 6.07) is 16.7. The highest BCUT2D eigenvalue weighted by Crippen LogP contribution is 2.35. The summed E-state index contributed by atoms with van der Waals surface area (Å²) in [6.07, 6.45) is 7.76. The number of allylic oxidation sites excluding steroid dienone is 3. The summed E-state index contributed by atoms with van der Waals surface area (Å²) < 4.78 is 0. The van der Waals surface area contributed by atoms with Crippen LogP contribution in [-0.4, -0.2) is 13.3 Å². The number of hydrogen-bond acceptors (Lipinski definition) is 3. The number of fused-ring (bicyclic) bond motifs is 2. The van der Waals surface area contributed by atoms with Gasteiger partial charge < -0.3 is 4.90 Å². The van der Waals surface area contributed by atoms with Crippen molar-refractivity contribution in [2.45, 2.75) is 12.8 Å². The zero-order valence-corrected chi connectivity index (χ0v) is 13.6. The highest BCUT2D eigenvalue weighted by molar-refractivity contribution is 5.80. The SMILES string of the molecule is CN1c2ccccc2CCc2cc(/C=C/C=C(\C#N)C=O)ccc21. The van der Waals surface area contributed by atoms with Crippen molar-refractivity contribution >= 4 is 23.7 Å². The number of rotatable bonds is 3. The molecule has 0 atom stereocenters. The van der Waals surface area contributed by atoms with Gasteiger partial charge in [0.05, 0.1) is 5.57 Å². The average Bonchev–Trinajstić information content (AvgIpc) is 2.76. The van der Waals surface area contributed by atoms with Gasteiger partial charge in [0.1, 0.15) is 6.07 Å². The molecule has 0 saturated heterocycles. The van der Waals surface area contributed by atoms with Crippen LogP contribution in [-0.2, 0) is 17.6 Å². The molecule has 2 aromatic carbocycles. The first-order valence-corrected chi connectivity index (χ1v) is 7.91. The highest BCUT2D eigenvalue weighted by Gasteiger charge is 2.17. The van der Waals surface area contributed by atoms with Crippen molar-refractivity contribution in [3.8, 4) is 6.07 Å². The Morgan fingerprint density at radius 1 is 1.12 bits per heavy atom. The Bertz CT molecular complexity index is 872. The van der Waals surface area contributed by atoms with Gasteiger partial charge in [0.2, 0.25) is 0 Å². The molecular weight excluding hydrogens is 296 g/mol. The highest BCUT2D eigenvalue weighted by atomic mass is 16.1. The van der Waals surface area contributed by atoms with E-state index in [9.17, 15) is 4.79 Å². The van der Waals surface area contributed by atoms with Crippen LogP contribution in [0.5, 0.6) is 0 Å². The van der Waals surface area contributed by atoms with Crippen molar-refractivity contribution in [3.05, 3.63) is 76.9 Å². The second-order valence-electron chi connectivity index (χ2n) is 5.79. The number of anilines is 2. The summed E-state index contributed by atoms with van der Waals surface area (Å²) in [7, 11) is 2.10. The summed E-state index contributed by atoms with van der Waals surface area (Å²) in [4.78, 5) is 12.9. The van der Waals surface area contributed by atoms with E-state index in [2.05, 4.69) is 54.4 Å². The van der Waals surface area contributed by atoms with Crippen LogP contribution < -0.4 is 4.90 Å². The van der Waals surface area contributed by atoms with Crippen LogP contribution in [0, 0.1) is 11.3 Å². The lowest BCUT2D eigenvalue weighted by Crippen LogP contribution is -2.11. The van der Waals surface area contributed by atoms with Crippen LogP contribution >= 0.6 is 0 Å². The molecule has 0 aromatic heterocycles. The molecule has 3 heteroatoms. The van der Waals surface area contributed by atoms with Gasteiger partial charge in [0.25, 0.3) is 0 Å². The number of para-hydroxylation sites is 1. The van der Waals surface area contributed by atoms with E-state index in [1.165, 1.54) is 28.6 Å². The molecule has 1 aliphatic heterocycles.